The molecule has 0 bridgehead atoms. The summed E-state index contributed by atoms with van der Waals surface area (Å²) in [4.78, 5) is 11.8. The summed E-state index contributed by atoms with van der Waals surface area (Å²) in [5, 5.41) is 3.09. The van der Waals surface area contributed by atoms with Crippen molar-refractivity contribution in [1.82, 2.24) is 0 Å². The highest BCUT2D eigenvalue weighted by Crippen LogP contribution is 2.20. The maximum absolute atomic E-state index is 13.1. The Balaban J connectivity index is 2.08. The lowest BCUT2D eigenvalue weighted by Crippen LogP contribution is -2.02. The number of ketones is 1. The summed E-state index contributed by atoms with van der Waals surface area (Å²) in [6.45, 7) is 1.73. The molecule has 0 aromatic heterocycles. The monoisotopic (exact) mass is 247 g/mol. The van der Waals surface area contributed by atoms with Crippen LogP contribution in [0.25, 0.3) is 0 Å². The molecule has 1 fully saturated rings. The van der Waals surface area contributed by atoms with E-state index in [0.717, 1.165) is 36.9 Å². The van der Waals surface area contributed by atoms with Crippen molar-refractivity contribution in [1.29, 1.82) is 0 Å². The molecular weight excluding hydrogens is 229 g/mol. The second-order valence-electron chi connectivity index (χ2n) is 4.76. The Hall–Kier alpha value is -1.64. The number of rotatable bonds is 2. The number of halogens is 1. The van der Waals surface area contributed by atoms with Crippen molar-refractivity contribution in [3.8, 4) is 0 Å². The summed E-state index contributed by atoms with van der Waals surface area (Å²) < 4.78 is 13.1. The third kappa shape index (κ3) is 3.19. The molecule has 1 aliphatic rings. The summed E-state index contributed by atoms with van der Waals surface area (Å²) in [6.07, 6.45) is 6.45. The van der Waals surface area contributed by atoms with Crippen LogP contribution in [0, 0.1) is 12.7 Å². The van der Waals surface area contributed by atoms with Crippen LogP contribution in [-0.2, 0) is 4.79 Å². The normalized spacial score (nSPS) is 18.8. The first-order valence-electron chi connectivity index (χ1n) is 6.42. The standard InChI is InChI=1S/C15H18FNO/c1-11-9-13(7-8-14(11)16)17-10-12-5-3-2-4-6-15(12)18/h7-10,17H,2-6H2,1H3. The van der Waals surface area contributed by atoms with Crippen molar-refractivity contribution < 1.29 is 9.18 Å². The molecule has 2 nitrogen and oxygen atoms in total. The molecule has 0 unspecified atom stereocenters. The zero-order valence-corrected chi connectivity index (χ0v) is 10.6. The predicted octanol–water partition coefficient (Wildman–Crippen LogP) is 3.96. The number of aryl methyl sites for hydroxylation is 1. The lowest BCUT2D eigenvalue weighted by atomic mass is 10.1. The van der Waals surface area contributed by atoms with Gasteiger partial charge < -0.3 is 5.32 Å². The number of nitrogens with one attached hydrogen (secondary N) is 1. The van der Waals surface area contributed by atoms with Gasteiger partial charge in [0.25, 0.3) is 0 Å². The van der Waals surface area contributed by atoms with E-state index in [2.05, 4.69) is 5.32 Å². The third-order valence-corrected chi connectivity index (χ3v) is 3.28. The number of allylic oxidation sites excluding steroid dienone is 1. The van der Waals surface area contributed by atoms with Gasteiger partial charge in [0.2, 0.25) is 0 Å². The maximum atomic E-state index is 13.1. The Morgan fingerprint density at radius 3 is 2.78 bits per heavy atom. The second-order valence-corrected chi connectivity index (χ2v) is 4.76. The third-order valence-electron chi connectivity index (χ3n) is 3.28. The Bertz CT molecular complexity index is 479. The van der Waals surface area contributed by atoms with E-state index in [4.69, 9.17) is 0 Å². The van der Waals surface area contributed by atoms with Gasteiger partial charge in [-0.2, -0.15) is 0 Å². The Morgan fingerprint density at radius 2 is 2.00 bits per heavy atom. The Kier molecular flexibility index (Phi) is 4.13. The minimum atomic E-state index is -0.209. The molecule has 1 aliphatic carbocycles. The van der Waals surface area contributed by atoms with Crippen LogP contribution < -0.4 is 5.32 Å². The molecule has 0 radical (unpaired) electrons. The first kappa shape index (κ1) is 12.8. The number of carbonyl (C=O) groups excluding carboxylic acids is 1. The highest BCUT2D eigenvalue weighted by atomic mass is 19.1. The van der Waals surface area contributed by atoms with Crippen molar-refractivity contribution in [3.63, 3.8) is 0 Å². The van der Waals surface area contributed by atoms with Crippen LogP contribution in [-0.4, -0.2) is 5.78 Å². The molecule has 1 N–H and O–H groups in total. The van der Waals surface area contributed by atoms with Gasteiger partial charge in [0, 0.05) is 23.9 Å². The average molecular weight is 247 g/mol. The fourth-order valence-electron chi connectivity index (χ4n) is 2.14. The molecule has 1 aromatic carbocycles. The molecular formula is C15H18FNO. The maximum Gasteiger partial charge on any atom is 0.160 e. The molecule has 0 heterocycles. The predicted molar refractivity (Wildman–Crippen MR) is 70.9 cm³/mol. The van der Waals surface area contributed by atoms with Crippen LogP contribution in [0.15, 0.2) is 30.0 Å². The Labute approximate surface area is 107 Å². The molecule has 0 amide bonds. The fraction of sp³-hybridized carbons (Fsp3) is 0.400. The number of benzene rings is 1. The summed E-state index contributed by atoms with van der Waals surface area (Å²) in [5.74, 6) is 0.0255. The van der Waals surface area contributed by atoms with Crippen molar-refractivity contribution in [2.24, 2.45) is 0 Å². The molecule has 2 rings (SSSR count). The topological polar surface area (TPSA) is 29.1 Å². The number of hydrogen-bond acceptors (Lipinski definition) is 2. The van der Waals surface area contributed by atoms with Gasteiger partial charge in [-0.3, -0.25) is 4.79 Å². The van der Waals surface area contributed by atoms with Crippen LogP contribution >= 0.6 is 0 Å². The SMILES string of the molecule is Cc1cc(NC=C2CCCCCC2=O)ccc1F. The quantitative estimate of drug-likeness (QED) is 0.633. The van der Waals surface area contributed by atoms with Crippen molar-refractivity contribution in [2.45, 2.75) is 39.0 Å². The van der Waals surface area contributed by atoms with E-state index in [9.17, 15) is 9.18 Å². The second kappa shape index (κ2) is 5.80. The molecule has 1 aromatic rings. The highest BCUT2D eigenvalue weighted by Gasteiger charge is 2.12. The first-order valence-corrected chi connectivity index (χ1v) is 6.42. The number of hydrogen-bond donors (Lipinski definition) is 1. The smallest absolute Gasteiger partial charge is 0.160 e. The van der Waals surface area contributed by atoms with Crippen molar-refractivity contribution >= 4 is 11.5 Å². The highest BCUT2D eigenvalue weighted by molar-refractivity contribution is 5.95. The van der Waals surface area contributed by atoms with Gasteiger partial charge in [0.1, 0.15) is 5.82 Å². The van der Waals surface area contributed by atoms with Gasteiger partial charge in [0.05, 0.1) is 0 Å². The lowest BCUT2D eigenvalue weighted by Gasteiger charge is -2.06. The first-order chi connectivity index (χ1) is 8.66. The average Bonchev–Trinajstić information content (AvgIpc) is 2.56. The van der Waals surface area contributed by atoms with Gasteiger partial charge in [0.15, 0.2) is 5.78 Å². The van der Waals surface area contributed by atoms with E-state index in [1.165, 1.54) is 6.07 Å². The lowest BCUT2D eigenvalue weighted by molar-refractivity contribution is -0.115. The molecule has 18 heavy (non-hydrogen) atoms. The molecule has 0 saturated heterocycles. The van der Waals surface area contributed by atoms with E-state index in [1.54, 1.807) is 25.3 Å². The largest absolute Gasteiger partial charge is 0.361 e. The molecule has 0 spiro atoms. The summed E-state index contributed by atoms with van der Waals surface area (Å²) in [6, 6.07) is 4.86. The van der Waals surface area contributed by atoms with E-state index in [0.29, 0.717) is 12.0 Å². The van der Waals surface area contributed by atoms with Crippen LogP contribution in [0.5, 0.6) is 0 Å². The van der Waals surface area contributed by atoms with Crippen LogP contribution in [0.4, 0.5) is 10.1 Å². The molecule has 96 valence electrons. The van der Waals surface area contributed by atoms with Crippen LogP contribution in [0.1, 0.15) is 37.7 Å². The Morgan fingerprint density at radius 1 is 1.22 bits per heavy atom. The fourth-order valence-corrected chi connectivity index (χ4v) is 2.14. The zero-order valence-electron chi connectivity index (χ0n) is 10.6. The van der Waals surface area contributed by atoms with Gasteiger partial charge in [-0.1, -0.05) is 6.42 Å². The number of carbonyl (C=O) groups is 1. The number of anilines is 1. The molecule has 3 heteroatoms. The minimum Gasteiger partial charge on any atom is -0.361 e. The zero-order chi connectivity index (χ0) is 13.0. The van der Waals surface area contributed by atoms with E-state index in [-0.39, 0.29) is 11.6 Å². The minimum absolute atomic E-state index is 0.209. The van der Waals surface area contributed by atoms with Gasteiger partial charge >= 0.3 is 0 Å². The van der Waals surface area contributed by atoms with Gasteiger partial charge in [-0.15, -0.1) is 0 Å². The van der Waals surface area contributed by atoms with Crippen LogP contribution in [0.3, 0.4) is 0 Å². The van der Waals surface area contributed by atoms with Crippen molar-refractivity contribution in [2.75, 3.05) is 5.32 Å². The van der Waals surface area contributed by atoms with Gasteiger partial charge in [-0.25, -0.2) is 4.39 Å². The van der Waals surface area contributed by atoms with E-state index in [1.807, 2.05) is 0 Å². The summed E-state index contributed by atoms with van der Waals surface area (Å²) >= 11 is 0. The summed E-state index contributed by atoms with van der Waals surface area (Å²) in [7, 11) is 0. The van der Waals surface area contributed by atoms with E-state index >= 15 is 0 Å². The van der Waals surface area contributed by atoms with E-state index < -0.39 is 0 Å². The summed E-state index contributed by atoms with van der Waals surface area (Å²) in [5.41, 5.74) is 2.28. The van der Waals surface area contributed by atoms with Gasteiger partial charge in [-0.05, 0) is 49.9 Å². The van der Waals surface area contributed by atoms with Crippen molar-refractivity contribution in [3.05, 3.63) is 41.4 Å². The molecule has 0 atom stereocenters. The van der Waals surface area contributed by atoms with Crippen LogP contribution in [0.2, 0.25) is 0 Å². The molecule has 0 aliphatic heterocycles. The molecule has 1 saturated carbocycles. The number of Topliss-reactive ketones (excluding diaryl/α,β-unsaturated/α-hetero) is 1.